The maximum absolute atomic E-state index is 13.9. The highest BCUT2D eigenvalue weighted by Gasteiger charge is 2.33. The maximum Gasteiger partial charge on any atom is 0.322 e. The standard InChI is InChI=1S/C20H20F2N4O2/c1-11(14-5-4-13(21)8-16(14)22)24-18(27)10-26-9-15-17(25-20(26)28)6-7-23-19(15)12-2-3-12/h4-8,11-12H,2-3,9-10H2,1H3,(H,24,27)(H,25,28)/t11-/m0/s1. The number of carbonyl (C=O) groups excluding carboxylic acids is 2. The quantitative estimate of drug-likeness (QED) is 0.826. The van der Waals surface area contributed by atoms with Crippen LogP contribution < -0.4 is 10.6 Å². The summed E-state index contributed by atoms with van der Waals surface area (Å²) in [7, 11) is 0. The maximum atomic E-state index is 13.9. The Balaban J connectivity index is 1.44. The van der Waals surface area contributed by atoms with Crippen LogP contribution in [0, 0.1) is 11.6 Å². The van der Waals surface area contributed by atoms with Gasteiger partial charge < -0.3 is 15.5 Å². The van der Waals surface area contributed by atoms with Crippen LogP contribution in [0.3, 0.4) is 0 Å². The van der Waals surface area contributed by atoms with Gasteiger partial charge in [0, 0.05) is 29.3 Å². The molecule has 1 atom stereocenters. The molecule has 8 heteroatoms. The first-order chi connectivity index (χ1) is 13.4. The van der Waals surface area contributed by atoms with Crippen molar-refractivity contribution in [2.45, 2.75) is 38.3 Å². The Bertz CT molecular complexity index is 946. The fourth-order valence-corrected chi connectivity index (χ4v) is 3.48. The molecule has 0 saturated heterocycles. The Kier molecular flexibility index (Phi) is 4.70. The fourth-order valence-electron chi connectivity index (χ4n) is 3.48. The number of benzene rings is 1. The topological polar surface area (TPSA) is 74.3 Å². The van der Waals surface area contributed by atoms with Gasteiger partial charge in [0.15, 0.2) is 0 Å². The van der Waals surface area contributed by atoms with Crippen molar-refractivity contribution < 1.29 is 18.4 Å². The molecule has 1 fully saturated rings. The van der Waals surface area contributed by atoms with Gasteiger partial charge in [0.25, 0.3) is 0 Å². The average Bonchev–Trinajstić information content (AvgIpc) is 3.46. The number of anilines is 1. The van der Waals surface area contributed by atoms with Crippen LogP contribution >= 0.6 is 0 Å². The van der Waals surface area contributed by atoms with Crippen molar-refractivity contribution >= 4 is 17.6 Å². The fraction of sp³-hybridized carbons (Fsp3) is 0.350. The van der Waals surface area contributed by atoms with Crippen LogP contribution in [0.1, 0.15) is 48.5 Å². The third-order valence-electron chi connectivity index (χ3n) is 5.07. The summed E-state index contributed by atoms with van der Waals surface area (Å²) in [5.74, 6) is -1.41. The molecule has 1 aliphatic carbocycles. The minimum Gasteiger partial charge on any atom is -0.348 e. The summed E-state index contributed by atoms with van der Waals surface area (Å²) in [6.07, 6.45) is 3.85. The summed E-state index contributed by atoms with van der Waals surface area (Å²) in [6, 6.07) is 3.96. The first-order valence-electron chi connectivity index (χ1n) is 9.20. The molecule has 1 saturated carbocycles. The van der Waals surface area contributed by atoms with Gasteiger partial charge in [0.05, 0.1) is 24.0 Å². The Labute approximate surface area is 160 Å². The number of rotatable bonds is 5. The van der Waals surface area contributed by atoms with E-state index >= 15 is 0 Å². The van der Waals surface area contributed by atoms with E-state index in [1.54, 1.807) is 19.2 Å². The van der Waals surface area contributed by atoms with E-state index in [9.17, 15) is 18.4 Å². The largest absolute Gasteiger partial charge is 0.348 e. The summed E-state index contributed by atoms with van der Waals surface area (Å²) in [5.41, 5.74) is 2.84. The van der Waals surface area contributed by atoms with Crippen molar-refractivity contribution in [3.63, 3.8) is 0 Å². The number of hydrogen-bond acceptors (Lipinski definition) is 3. The zero-order chi connectivity index (χ0) is 19.8. The van der Waals surface area contributed by atoms with Crippen LogP contribution in [0.4, 0.5) is 19.3 Å². The summed E-state index contributed by atoms with van der Waals surface area (Å²) >= 11 is 0. The van der Waals surface area contributed by atoms with Crippen molar-refractivity contribution in [3.8, 4) is 0 Å². The molecule has 0 unspecified atom stereocenters. The zero-order valence-corrected chi connectivity index (χ0v) is 15.3. The van der Waals surface area contributed by atoms with E-state index in [1.165, 1.54) is 11.0 Å². The lowest BCUT2D eigenvalue weighted by molar-refractivity contribution is -0.122. The number of urea groups is 1. The normalized spacial score (nSPS) is 17.0. The lowest BCUT2D eigenvalue weighted by Crippen LogP contribution is -2.45. The van der Waals surface area contributed by atoms with Gasteiger partial charge in [-0.25, -0.2) is 13.6 Å². The van der Waals surface area contributed by atoms with Crippen LogP contribution in [0.2, 0.25) is 0 Å². The second-order valence-electron chi connectivity index (χ2n) is 7.24. The molecule has 1 aromatic carbocycles. The number of aromatic nitrogens is 1. The Hall–Kier alpha value is -3.03. The average molecular weight is 386 g/mol. The molecule has 0 radical (unpaired) electrons. The van der Waals surface area contributed by atoms with Gasteiger partial charge in [0.2, 0.25) is 5.91 Å². The molecule has 4 rings (SSSR count). The smallest absolute Gasteiger partial charge is 0.322 e. The molecule has 1 aliphatic heterocycles. The minimum absolute atomic E-state index is 0.169. The molecule has 146 valence electrons. The highest BCUT2D eigenvalue weighted by Crippen LogP contribution is 2.43. The number of carbonyl (C=O) groups is 2. The monoisotopic (exact) mass is 386 g/mol. The molecule has 2 heterocycles. The number of hydrogen-bond donors (Lipinski definition) is 2. The van der Waals surface area contributed by atoms with Gasteiger partial charge in [0.1, 0.15) is 18.2 Å². The van der Waals surface area contributed by atoms with Crippen molar-refractivity contribution in [3.05, 3.63) is 58.9 Å². The predicted molar refractivity (Wildman–Crippen MR) is 98.6 cm³/mol. The number of amides is 3. The van der Waals surface area contributed by atoms with E-state index in [0.29, 0.717) is 12.5 Å². The lowest BCUT2D eigenvalue weighted by atomic mass is 10.1. The number of fused-ring (bicyclic) bond motifs is 1. The molecule has 0 bridgehead atoms. The summed E-state index contributed by atoms with van der Waals surface area (Å²) in [4.78, 5) is 30.6. The van der Waals surface area contributed by atoms with E-state index in [1.807, 2.05) is 0 Å². The molecule has 28 heavy (non-hydrogen) atoms. The first-order valence-corrected chi connectivity index (χ1v) is 9.20. The molecule has 3 amide bonds. The van der Waals surface area contributed by atoms with Crippen LogP contribution in [0.5, 0.6) is 0 Å². The molecule has 2 aromatic rings. The number of pyridine rings is 1. The molecule has 6 nitrogen and oxygen atoms in total. The van der Waals surface area contributed by atoms with E-state index in [2.05, 4.69) is 15.6 Å². The number of halogens is 2. The third-order valence-corrected chi connectivity index (χ3v) is 5.07. The van der Waals surface area contributed by atoms with Gasteiger partial charge in [-0.2, -0.15) is 0 Å². The Morgan fingerprint density at radius 3 is 2.86 bits per heavy atom. The Morgan fingerprint density at radius 2 is 2.14 bits per heavy atom. The van der Waals surface area contributed by atoms with Gasteiger partial charge >= 0.3 is 6.03 Å². The van der Waals surface area contributed by atoms with Crippen LogP contribution in [0.25, 0.3) is 0 Å². The van der Waals surface area contributed by atoms with Gasteiger partial charge in [-0.15, -0.1) is 0 Å². The SMILES string of the molecule is C[C@H](NC(=O)CN1Cc2c(ccnc2C2CC2)NC1=O)c1ccc(F)cc1F. The zero-order valence-electron chi connectivity index (χ0n) is 15.3. The second kappa shape index (κ2) is 7.18. The van der Waals surface area contributed by atoms with Gasteiger partial charge in [-0.1, -0.05) is 6.07 Å². The second-order valence-corrected chi connectivity index (χ2v) is 7.24. The van der Waals surface area contributed by atoms with Crippen molar-refractivity contribution in [2.75, 3.05) is 11.9 Å². The molecule has 2 N–H and O–H groups in total. The summed E-state index contributed by atoms with van der Waals surface area (Å²) < 4.78 is 26.9. The molecular formula is C20H20F2N4O2. The van der Waals surface area contributed by atoms with E-state index in [0.717, 1.165) is 41.9 Å². The van der Waals surface area contributed by atoms with Crippen LogP contribution in [-0.4, -0.2) is 28.4 Å². The summed E-state index contributed by atoms with van der Waals surface area (Å²) in [5, 5.41) is 5.46. The van der Waals surface area contributed by atoms with E-state index in [-0.39, 0.29) is 18.1 Å². The van der Waals surface area contributed by atoms with Crippen molar-refractivity contribution in [1.29, 1.82) is 0 Å². The van der Waals surface area contributed by atoms with Gasteiger partial charge in [-0.3, -0.25) is 9.78 Å². The highest BCUT2D eigenvalue weighted by molar-refractivity contribution is 5.95. The van der Waals surface area contributed by atoms with Crippen molar-refractivity contribution in [1.82, 2.24) is 15.2 Å². The van der Waals surface area contributed by atoms with Gasteiger partial charge in [-0.05, 0) is 31.9 Å². The van der Waals surface area contributed by atoms with E-state index < -0.39 is 23.6 Å². The van der Waals surface area contributed by atoms with Crippen LogP contribution in [-0.2, 0) is 11.3 Å². The van der Waals surface area contributed by atoms with E-state index in [4.69, 9.17) is 0 Å². The highest BCUT2D eigenvalue weighted by atomic mass is 19.1. The predicted octanol–water partition coefficient (Wildman–Crippen LogP) is 3.46. The minimum atomic E-state index is -0.724. The molecular weight excluding hydrogens is 366 g/mol. The van der Waals surface area contributed by atoms with Crippen molar-refractivity contribution in [2.24, 2.45) is 0 Å². The van der Waals surface area contributed by atoms with Crippen LogP contribution in [0.15, 0.2) is 30.5 Å². The molecule has 2 aliphatic rings. The third kappa shape index (κ3) is 3.67. The Morgan fingerprint density at radius 1 is 1.36 bits per heavy atom. The first kappa shape index (κ1) is 18.3. The summed E-state index contributed by atoms with van der Waals surface area (Å²) in [6.45, 7) is 1.74. The molecule has 1 aromatic heterocycles. The lowest BCUT2D eigenvalue weighted by Gasteiger charge is -2.30. The number of nitrogens with one attached hydrogen (secondary N) is 2. The number of nitrogens with zero attached hydrogens (tertiary/aromatic N) is 2. The molecule has 0 spiro atoms.